The van der Waals surface area contributed by atoms with Gasteiger partial charge in [-0.15, -0.1) is 0 Å². The molecule has 4 aromatic rings. The fourth-order valence-electron chi connectivity index (χ4n) is 3.75. The average Bonchev–Trinajstić information content (AvgIpc) is 2.72. The van der Waals surface area contributed by atoms with Crippen LogP contribution in [0.2, 0.25) is 0 Å². The van der Waals surface area contributed by atoms with Gasteiger partial charge in [0.1, 0.15) is 0 Å². The average molecular weight is 360 g/mol. The van der Waals surface area contributed by atoms with Gasteiger partial charge in [-0.1, -0.05) is 0 Å². The Bertz CT molecular complexity index is 759. The van der Waals surface area contributed by atoms with Crippen molar-refractivity contribution >= 4 is 28.5 Å². The molecule has 0 N–H and O–H groups in total. The molecular weight excluding hydrogens is 338 g/mol. The molecule has 0 aliphatic heterocycles. The van der Waals surface area contributed by atoms with Crippen molar-refractivity contribution in [1.29, 1.82) is 0 Å². The molecule has 0 spiro atoms. The number of rotatable bonds is 4. The monoisotopic (exact) mass is 360 g/mol. The van der Waals surface area contributed by atoms with Gasteiger partial charge in [0.25, 0.3) is 0 Å². The number of hydrogen-bond donors (Lipinski definition) is 0. The Balaban J connectivity index is 0.00000196. The van der Waals surface area contributed by atoms with Gasteiger partial charge in [-0.25, -0.2) is 0 Å². The molecule has 4 rings (SSSR count). The van der Waals surface area contributed by atoms with Crippen LogP contribution in [0.15, 0.2) is 121 Å². The second kappa shape index (κ2) is 8.08. The standard InChI is InChI=1S/C24H21P.FH/c1-5-13-21(14-6-1)25(22-15-7-2-8-16-22,23-17-9-3-10-18-23)24-19-11-4-12-20-24;/h1-20,25H;1H. The van der Waals surface area contributed by atoms with Gasteiger partial charge in [-0.3, -0.25) is 4.70 Å². The molecule has 26 heavy (non-hydrogen) atoms. The van der Waals surface area contributed by atoms with Crippen LogP contribution in [0, 0.1) is 0 Å². The van der Waals surface area contributed by atoms with E-state index in [4.69, 9.17) is 0 Å². The molecule has 0 heterocycles. The summed E-state index contributed by atoms with van der Waals surface area (Å²) in [7, 11) is -2.30. The van der Waals surface area contributed by atoms with E-state index in [0.29, 0.717) is 0 Å². The fraction of sp³-hybridized carbons (Fsp3) is 0. The molecule has 2 heteroatoms. The van der Waals surface area contributed by atoms with Crippen LogP contribution in [0.3, 0.4) is 0 Å². The molecule has 0 nitrogen and oxygen atoms in total. The molecule has 0 aliphatic carbocycles. The first-order valence-corrected chi connectivity index (χ1v) is 10.6. The van der Waals surface area contributed by atoms with Crippen LogP contribution in [-0.4, -0.2) is 0 Å². The molecule has 0 saturated heterocycles. The molecule has 0 radical (unpaired) electrons. The molecule has 4 aromatic carbocycles. The molecule has 0 aliphatic rings. The predicted octanol–water partition coefficient (Wildman–Crippen LogP) is 4.19. The van der Waals surface area contributed by atoms with Crippen LogP contribution in [0.5, 0.6) is 0 Å². The molecule has 130 valence electrons. The van der Waals surface area contributed by atoms with Crippen LogP contribution >= 0.6 is 7.26 Å². The molecule has 0 aromatic heterocycles. The Morgan fingerprint density at radius 2 is 0.500 bits per heavy atom. The summed E-state index contributed by atoms with van der Waals surface area (Å²) in [6.07, 6.45) is 0. The summed E-state index contributed by atoms with van der Waals surface area (Å²) in [6.45, 7) is 0. The summed E-state index contributed by atoms with van der Waals surface area (Å²) in [6, 6.07) is 44.0. The van der Waals surface area contributed by atoms with Gasteiger partial charge in [0.2, 0.25) is 0 Å². The Kier molecular flexibility index (Phi) is 5.61. The van der Waals surface area contributed by atoms with Crippen molar-refractivity contribution < 1.29 is 4.70 Å². The van der Waals surface area contributed by atoms with E-state index in [9.17, 15) is 0 Å². The molecule has 0 atom stereocenters. The summed E-state index contributed by atoms with van der Waals surface area (Å²) in [5, 5.41) is 5.66. The molecule has 0 saturated carbocycles. The second-order valence-corrected chi connectivity index (χ2v) is 10.0. The van der Waals surface area contributed by atoms with Crippen molar-refractivity contribution in [2.75, 3.05) is 0 Å². The van der Waals surface area contributed by atoms with Crippen molar-refractivity contribution in [3.63, 3.8) is 0 Å². The topological polar surface area (TPSA) is 0 Å². The summed E-state index contributed by atoms with van der Waals surface area (Å²) in [4.78, 5) is 0. The number of benzene rings is 4. The van der Waals surface area contributed by atoms with Gasteiger partial charge in [-0.2, -0.15) is 0 Å². The zero-order valence-electron chi connectivity index (χ0n) is 14.5. The third-order valence-corrected chi connectivity index (χ3v) is 9.62. The Labute approximate surface area is 154 Å². The Morgan fingerprint density at radius 1 is 0.308 bits per heavy atom. The van der Waals surface area contributed by atoms with E-state index in [-0.39, 0.29) is 4.70 Å². The first-order valence-electron chi connectivity index (χ1n) is 8.64. The summed E-state index contributed by atoms with van der Waals surface area (Å²) < 4.78 is 0. The SMILES string of the molecule is F.c1ccc([PH](c2ccccc2)(c2ccccc2)c2ccccc2)cc1. The molecular formula is C24H22FP. The summed E-state index contributed by atoms with van der Waals surface area (Å²) >= 11 is 0. The Hall–Kier alpha value is -2.76. The fourth-order valence-corrected chi connectivity index (χ4v) is 8.52. The van der Waals surface area contributed by atoms with E-state index >= 15 is 0 Å². The maximum absolute atomic E-state index is 2.30. The van der Waals surface area contributed by atoms with Gasteiger partial charge in [0.05, 0.1) is 0 Å². The zero-order valence-corrected chi connectivity index (χ0v) is 15.5. The third kappa shape index (κ3) is 3.07. The number of halogens is 1. The molecule has 0 fully saturated rings. The Morgan fingerprint density at radius 3 is 0.692 bits per heavy atom. The van der Waals surface area contributed by atoms with E-state index < -0.39 is 7.26 Å². The normalized spacial score (nSPS) is 11.4. The van der Waals surface area contributed by atoms with Crippen LogP contribution in [0.1, 0.15) is 0 Å². The van der Waals surface area contributed by atoms with Crippen LogP contribution in [0.4, 0.5) is 4.70 Å². The molecule has 0 bridgehead atoms. The first kappa shape index (κ1) is 18.0. The van der Waals surface area contributed by atoms with Crippen LogP contribution in [-0.2, 0) is 0 Å². The number of hydrogen-bond acceptors (Lipinski definition) is 0. The van der Waals surface area contributed by atoms with Crippen molar-refractivity contribution in [1.82, 2.24) is 0 Å². The third-order valence-electron chi connectivity index (χ3n) is 4.83. The van der Waals surface area contributed by atoms with E-state index in [1.807, 2.05) is 0 Å². The van der Waals surface area contributed by atoms with Gasteiger partial charge >= 0.3 is 150 Å². The van der Waals surface area contributed by atoms with Gasteiger partial charge in [-0.05, 0) is 0 Å². The van der Waals surface area contributed by atoms with Crippen molar-refractivity contribution in [2.24, 2.45) is 0 Å². The summed E-state index contributed by atoms with van der Waals surface area (Å²) in [5.74, 6) is 0. The van der Waals surface area contributed by atoms with Gasteiger partial charge < -0.3 is 0 Å². The van der Waals surface area contributed by atoms with Gasteiger partial charge in [0.15, 0.2) is 0 Å². The minimum absolute atomic E-state index is 0. The van der Waals surface area contributed by atoms with E-state index in [1.165, 1.54) is 21.2 Å². The quantitative estimate of drug-likeness (QED) is 0.479. The minimum atomic E-state index is -2.30. The molecule has 0 unspecified atom stereocenters. The zero-order chi connectivity index (χ0) is 17.0. The van der Waals surface area contributed by atoms with Crippen molar-refractivity contribution in [3.8, 4) is 0 Å². The second-order valence-electron chi connectivity index (χ2n) is 6.21. The van der Waals surface area contributed by atoms with E-state index in [0.717, 1.165) is 0 Å². The van der Waals surface area contributed by atoms with Crippen LogP contribution in [0.25, 0.3) is 0 Å². The maximum atomic E-state index is 2.29. The van der Waals surface area contributed by atoms with E-state index in [1.54, 1.807) is 0 Å². The summed E-state index contributed by atoms with van der Waals surface area (Å²) in [5.41, 5.74) is 0. The van der Waals surface area contributed by atoms with Crippen molar-refractivity contribution in [3.05, 3.63) is 121 Å². The van der Waals surface area contributed by atoms with Crippen molar-refractivity contribution in [2.45, 2.75) is 0 Å². The van der Waals surface area contributed by atoms with Gasteiger partial charge in [0, 0.05) is 0 Å². The van der Waals surface area contributed by atoms with Crippen LogP contribution < -0.4 is 21.2 Å². The van der Waals surface area contributed by atoms with E-state index in [2.05, 4.69) is 121 Å². The molecule has 0 amide bonds. The predicted molar refractivity (Wildman–Crippen MR) is 115 cm³/mol. The first-order chi connectivity index (χ1) is 12.4.